The highest BCUT2D eigenvalue weighted by molar-refractivity contribution is 5.83. The van der Waals surface area contributed by atoms with Crippen molar-refractivity contribution in [2.24, 2.45) is 5.73 Å². The van der Waals surface area contributed by atoms with Crippen LogP contribution in [0.2, 0.25) is 0 Å². The Hall–Kier alpha value is -3.05. The first kappa shape index (κ1) is 11.4. The molecule has 0 saturated carbocycles. The molecule has 2 rings (SSSR count). The summed E-state index contributed by atoms with van der Waals surface area (Å²) in [5.74, 6) is 0. The summed E-state index contributed by atoms with van der Waals surface area (Å²) < 4.78 is 0. The number of allylic oxidation sites excluding steroid dienone is 1. The van der Waals surface area contributed by atoms with Gasteiger partial charge in [-0.2, -0.15) is 10.5 Å². The second kappa shape index (κ2) is 4.44. The van der Waals surface area contributed by atoms with Crippen molar-refractivity contribution in [2.75, 3.05) is 0 Å². The Kier molecular flexibility index (Phi) is 2.82. The van der Waals surface area contributed by atoms with E-state index < -0.39 is 5.56 Å². The third-order valence-corrected chi connectivity index (χ3v) is 2.54. The van der Waals surface area contributed by atoms with Gasteiger partial charge in [0.25, 0.3) is 5.56 Å². The van der Waals surface area contributed by atoms with Crippen molar-refractivity contribution in [3.05, 3.63) is 51.8 Å². The van der Waals surface area contributed by atoms with Crippen molar-refractivity contribution in [3.8, 4) is 12.1 Å². The van der Waals surface area contributed by atoms with Crippen LogP contribution >= 0.6 is 0 Å². The van der Waals surface area contributed by atoms with Crippen LogP contribution in [0.15, 0.2) is 40.7 Å². The maximum absolute atomic E-state index is 11.8. The van der Waals surface area contributed by atoms with Gasteiger partial charge in [0.2, 0.25) is 0 Å². The number of hydrogen-bond acceptors (Lipinski definition) is 4. The number of hydrogen-bond donors (Lipinski definition) is 2. The van der Waals surface area contributed by atoms with E-state index in [1.165, 1.54) is 0 Å². The Morgan fingerprint density at radius 2 is 1.89 bits per heavy atom. The average Bonchev–Trinajstić information content (AvgIpc) is 2.39. The minimum absolute atomic E-state index is 0.105. The van der Waals surface area contributed by atoms with Gasteiger partial charge in [-0.1, -0.05) is 18.2 Å². The van der Waals surface area contributed by atoms with Crippen LogP contribution in [0, 0.1) is 22.7 Å². The molecule has 5 nitrogen and oxygen atoms in total. The van der Waals surface area contributed by atoms with E-state index in [4.69, 9.17) is 16.3 Å². The Bertz CT molecular complexity index is 771. The number of rotatable bonds is 1. The third-order valence-electron chi connectivity index (χ3n) is 2.54. The Morgan fingerprint density at radius 3 is 2.56 bits per heavy atom. The largest absolute Gasteiger partial charge is 0.396 e. The number of pyridine rings is 1. The molecule has 3 N–H and O–H groups in total. The van der Waals surface area contributed by atoms with Crippen LogP contribution < -0.4 is 11.3 Å². The van der Waals surface area contributed by atoms with Gasteiger partial charge in [-0.25, -0.2) is 0 Å². The number of aromatic nitrogens is 1. The third kappa shape index (κ3) is 1.81. The summed E-state index contributed by atoms with van der Waals surface area (Å²) in [4.78, 5) is 14.5. The molecule has 18 heavy (non-hydrogen) atoms. The van der Waals surface area contributed by atoms with E-state index in [0.717, 1.165) is 5.39 Å². The van der Waals surface area contributed by atoms with Crippen molar-refractivity contribution in [3.63, 3.8) is 0 Å². The molecule has 0 saturated heterocycles. The van der Waals surface area contributed by atoms with E-state index in [-0.39, 0.29) is 16.8 Å². The fourth-order valence-electron chi connectivity index (χ4n) is 1.63. The second-order valence-electron chi connectivity index (χ2n) is 3.61. The van der Waals surface area contributed by atoms with E-state index >= 15 is 0 Å². The predicted molar refractivity (Wildman–Crippen MR) is 66.9 cm³/mol. The molecule has 0 atom stereocenters. The highest BCUT2D eigenvalue weighted by Gasteiger charge is 2.10. The van der Waals surface area contributed by atoms with E-state index in [2.05, 4.69) is 4.98 Å². The van der Waals surface area contributed by atoms with Crippen LogP contribution in [0.3, 0.4) is 0 Å². The number of nitrogens with zero attached hydrogens (tertiary/aromatic N) is 2. The molecule has 0 aliphatic heterocycles. The maximum atomic E-state index is 11.8. The summed E-state index contributed by atoms with van der Waals surface area (Å²) in [7, 11) is 0. The number of benzene rings is 1. The SMILES string of the molecule is N#CC(C#N)=C(N)c1cc2ccccc2[nH]c1=O. The summed E-state index contributed by atoms with van der Waals surface area (Å²) in [5.41, 5.74) is 5.68. The van der Waals surface area contributed by atoms with Crippen LogP contribution in [-0.4, -0.2) is 4.98 Å². The highest BCUT2D eigenvalue weighted by Crippen LogP contribution is 2.15. The fraction of sp³-hybridized carbons (Fsp3) is 0. The molecule has 0 bridgehead atoms. The number of H-pyrrole nitrogens is 1. The molecule has 86 valence electrons. The van der Waals surface area contributed by atoms with Crippen LogP contribution in [0.5, 0.6) is 0 Å². The standard InChI is InChI=1S/C13H8N4O/c14-6-9(7-15)12(16)10-5-8-3-1-2-4-11(8)17-13(10)18/h1-5H,16H2,(H,17,18). The lowest BCUT2D eigenvalue weighted by Gasteiger charge is -2.03. The van der Waals surface area contributed by atoms with Crippen LogP contribution in [0.4, 0.5) is 0 Å². The number of para-hydroxylation sites is 1. The lowest BCUT2D eigenvalue weighted by molar-refractivity contribution is 1.26. The van der Waals surface area contributed by atoms with E-state index in [1.54, 1.807) is 36.4 Å². The molecule has 2 aromatic rings. The van der Waals surface area contributed by atoms with Crippen molar-refractivity contribution >= 4 is 16.6 Å². The van der Waals surface area contributed by atoms with Crippen LogP contribution in [-0.2, 0) is 0 Å². The Balaban J connectivity index is 2.79. The van der Waals surface area contributed by atoms with Gasteiger partial charge in [-0.3, -0.25) is 4.79 Å². The normalized spacial score (nSPS) is 9.44. The number of nitrogens with one attached hydrogen (secondary N) is 1. The summed E-state index contributed by atoms with van der Waals surface area (Å²) in [6.45, 7) is 0. The zero-order chi connectivity index (χ0) is 13.1. The molecular formula is C13H8N4O. The van der Waals surface area contributed by atoms with Crippen molar-refractivity contribution in [2.45, 2.75) is 0 Å². The number of aromatic amines is 1. The van der Waals surface area contributed by atoms with E-state index in [1.807, 2.05) is 6.07 Å². The first-order valence-corrected chi connectivity index (χ1v) is 5.09. The fourth-order valence-corrected chi connectivity index (χ4v) is 1.63. The van der Waals surface area contributed by atoms with Crippen molar-refractivity contribution in [1.82, 2.24) is 4.98 Å². The zero-order valence-corrected chi connectivity index (χ0v) is 9.27. The number of fused-ring (bicyclic) bond motifs is 1. The first-order chi connectivity index (χ1) is 8.67. The predicted octanol–water partition coefficient (Wildman–Crippen LogP) is 1.25. The van der Waals surface area contributed by atoms with Gasteiger partial charge < -0.3 is 10.7 Å². The summed E-state index contributed by atoms with van der Waals surface area (Å²) in [6, 6.07) is 12.1. The van der Waals surface area contributed by atoms with Gasteiger partial charge in [0, 0.05) is 5.52 Å². The maximum Gasteiger partial charge on any atom is 0.257 e. The molecule has 0 radical (unpaired) electrons. The molecule has 1 heterocycles. The molecule has 0 unspecified atom stereocenters. The molecule has 0 aliphatic carbocycles. The number of nitrogens with two attached hydrogens (primary N) is 1. The quantitative estimate of drug-likeness (QED) is 0.726. The summed E-state index contributed by atoms with van der Waals surface area (Å²) in [5, 5.41) is 18.3. The minimum Gasteiger partial charge on any atom is -0.396 e. The Labute approximate surface area is 102 Å². The molecular weight excluding hydrogens is 228 g/mol. The average molecular weight is 236 g/mol. The monoisotopic (exact) mass is 236 g/mol. The number of nitriles is 2. The van der Waals surface area contributed by atoms with Gasteiger partial charge in [0.15, 0.2) is 5.57 Å². The second-order valence-corrected chi connectivity index (χ2v) is 3.61. The van der Waals surface area contributed by atoms with Gasteiger partial charge >= 0.3 is 0 Å². The molecule has 1 aromatic carbocycles. The molecule has 0 amide bonds. The van der Waals surface area contributed by atoms with Crippen LogP contribution in [0.25, 0.3) is 16.6 Å². The van der Waals surface area contributed by atoms with Crippen molar-refractivity contribution < 1.29 is 0 Å². The van der Waals surface area contributed by atoms with Crippen LogP contribution in [0.1, 0.15) is 5.56 Å². The van der Waals surface area contributed by atoms with Gasteiger partial charge in [0.1, 0.15) is 12.1 Å². The minimum atomic E-state index is -0.422. The topological polar surface area (TPSA) is 106 Å². The van der Waals surface area contributed by atoms with Crippen molar-refractivity contribution in [1.29, 1.82) is 10.5 Å². The molecule has 0 spiro atoms. The molecule has 1 aromatic heterocycles. The molecule has 5 heteroatoms. The Morgan fingerprint density at radius 1 is 1.22 bits per heavy atom. The smallest absolute Gasteiger partial charge is 0.257 e. The van der Waals surface area contributed by atoms with E-state index in [0.29, 0.717) is 5.52 Å². The summed E-state index contributed by atoms with van der Waals surface area (Å²) >= 11 is 0. The lowest BCUT2D eigenvalue weighted by atomic mass is 10.1. The van der Waals surface area contributed by atoms with E-state index in [9.17, 15) is 4.79 Å². The van der Waals surface area contributed by atoms with Gasteiger partial charge in [0.05, 0.1) is 11.3 Å². The van der Waals surface area contributed by atoms with Gasteiger partial charge in [-0.05, 0) is 17.5 Å². The zero-order valence-electron chi connectivity index (χ0n) is 9.27. The lowest BCUT2D eigenvalue weighted by Crippen LogP contribution is -2.16. The summed E-state index contributed by atoms with van der Waals surface area (Å²) in [6.07, 6.45) is 0. The first-order valence-electron chi connectivity index (χ1n) is 5.09. The molecule has 0 fully saturated rings. The molecule has 0 aliphatic rings. The van der Waals surface area contributed by atoms with Gasteiger partial charge in [-0.15, -0.1) is 0 Å². The highest BCUT2D eigenvalue weighted by atomic mass is 16.1.